The summed E-state index contributed by atoms with van der Waals surface area (Å²) < 4.78 is 34.4. The van der Waals surface area contributed by atoms with E-state index in [1.165, 1.54) is 0 Å². The van der Waals surface area contributed by atoms with Gasteiger partial charge in [0.2, 0.25) is 5.75 Å². The highest BCUT2D eigenvalue weighted by molar-refractivity contribution is 5.57. The molecule has 1 saturated heterocycles. The minimum atomic E-state index is -0.762. The Morgan fingerprint density at radius 1 is 1.10 bits per heavy atom. The summed E-state index contributed by atoms with van der Waals surface area (Å²) in [4.78, 5) is 17.5. The first-order valence-electron chi connectivity index (χ1n) is 10.1. The molecule has 6 nitrogen and oxygen atoms in total. The average molecular weight is 404 g/mol. The predicted molar refractivity (Wildman–Crippen MR) is 107 cm³/mol. The lowest BCUT2D eigenvalue weighted by Crippen LogP contribution is -2.45. The zero-order valence-electron chi connectivity index (χ0n) is 16.8. The van der Waals surface area contributed by atoms with Gasteiger partial charge in [-0.25, -0.2) is 8.78 Å². The summed E-state index contributed by atoms with van der Waals surface area (Å²) in [6, 6.07) is 2.94. The van der Waals surface area contributed by atoms with Crippen LogP contribution in [0, 0.1) is 17.0 Å². The van der Waals surface area contributed by atoms with E-state index in [1.54, 1.807) is 6.20 Å². The number of ether oxygens (including phenoxy) is 1. The van der Waals surface area contributed by atoms with Crippen molar-refractivity contribution in [3.05, 3.63) is 46.4 Å². The molecular weight excluding hydrogens is 378 g/mol. The number of piperazine rings is 1. The van der Waals surface area contributed by atoms with Gasteiger partial charge < -0.3 is 14.5 Å². The van der Waals surface area contributed by atoms with Crippen LogP contribution in [-0.2, 0) is 0 Å². The second-order valence-electron chi connectivity index (χ2n) is 8.14. The molecular formula is C21H26F2N4O2. The third-order valence-corrected chi connectivity index (χ3v) is 6.08. The molecule has 0 bridgehead atoms. The Morgan fingerprint density at radius 3 is 2.34 bits per heavy atom. The van der Waals surface area contributed by atoms with Crippen LogP contribution in [0.5, 0.6) is 5.75 Å². The van der Waals surface area contributed by atoms with Gasteiger partial charge in [-0.15, -0.1) is 0 Å². The van der Waals surface area contributed by atoms with E-state index in [2.05, 4.69) is 28.9 Å². The zero-order chi connectivity index (χ0) is 20.6. The number of likely N-dealkylation sites (N-methyl/N-ethyl adjacent to an activating group) is 1. The molecule has 1 aliphatic heterocycles. The molecule has 1 aromatic heterocycles. The summed E-state index contributed by atoms with van der Waals surface area (Å²) in [6.45, 7) is 5.84. The Labute approximate surface area is 168 Å². The van der Waals surface area contributed by atoms with E-state index in [0.29, 0.717) is 12.3 Å². The van der Waals surface area contributed by atoms with Gasteiger partial charge in [0.1, 0.15) is 17.3 Å². The Balaban J connectivity index is 1.73. The van der Waals surface area contributed by atoms with Crippen molar-refractivity contribution >= 4 is 5.69 Å². The smallest absolute Gasteiger partial charge is 0.316 e. The van der Waals surface area contributed by atoms with Gasteiger partial charge in [0.25, 0.3) is 0 Å². The second-order valence-corrected chi connectivity index (χ2v) is 8.14. The first-order valence-corrected chi connectivity index (χ1v) is 10.1. The van der Waals surface area contributed by atoms with Crippen LogP contribution in [0.15, 0.2) is 29.2 Å². The molecule has 1 aliphatic carbocycles. The molecule has 2 aliphatic rings. The molecule has 8 heteroatoms. The minimum absolute atomic E-state index is 0.0407. The van der Waals surface area contributed by atoms with Crippen molar-refractivity contribution in [2.24, 2.45) is 5.41 Å². The molecule has 2 aromatic rings. The van der Waals surface area contributed by atoms with Crippen LogP contribution in [0.25, 0.3) is 5.69 Å². The molecule has 1 saturated carbocycles. The van der Waals surface area contributed by atoms with Gasteiger partial charge in [-0.3, -0.25) is 4.79 Å². The summed E-state index contributed by atoms with van der Waals surface area (Å²) in [6.07, 6.45) is 4.73. The van der Waals surface area contributed by atoms with E-state index in [-0.39, 0.29) is 16.9 Å². The third kappa shape index (κ3) is 4.12. The molecule has 2 fully saturated rings. The lowest BCUT2D eigenvalue weighted by Gasteiger charge is -2.34. The minimum Gasteiger partial charge on any atom is -0.486 e. The predicted octanol–water partition coefficient (Wildman–Crippen LogP) is 2.83. The number of nitrogens with zero attached hydrogens (tertiary/aromatic N) is 4. The number of rotatable bonds is 6. The van der Waals surface area contributed by atoms with E-state index < -0.39 is 17.2 Å². The Morgan fingerprint density at radius 2 is 1.76 bits per heavy atom. The third-order valence-electron chi connectivity index (χ3n) is 6.08. The number of benzene rings is 1. The van der Waals surface area contributed by atoms with E-state index in [1.807, 2.05) is 0 Å². The average Bonchev–Trinajstić information content (AvgIpc) is 3.47. The van der Waals surface area contributed by atoms with Crippen LogP contribution < -0.4 is 15.2 Å². The number of halogens is 2. The van der Waals surface area contributed by atoms with Crippen molar-refractivity contribution in [1.82, 2.24) is 14.7 Å². The molecule has 0 atom stereocenters. The normalized spacial score (nSPS) is 18.7. The molecule has 1 aromatic carbocycles. The van der Waals surface area contributed by atoms with Crippen molar-refractivity contribution in [3.8, 4) is 11.4 Å². The van der Waals surface area contributed by atoms with Crippen LogP contribution in [0.3, 0.4) is 0 Å². The number of hydrogen-bond donors (Lipinski definition) is 0. The van der Waals surface area contributed by atoms with Gasteiger partial charge in [0.15, 0.2) is 0 Å². The fourth-order valence-corrected chi connectivity index (χ4v) is 3.68. The molecule has 2 heterocycles. The fraction of sp³-hybridized carbons (Fsp3) is 0.524. The molecule has 0 amide bonds. The Hall–Kier alpha value is -2.48. The van der Waals surface area contributed by atoms with Crippen molar-refractivity contribution in [2.75, 3.05) is 44.7 Å². The summed E-state index contributed by atoms with van der Waals surface area (Å²) >= 11 is 0. The molecule has 4 rings (SSSR count). The van der Waals surface area contributed by atoms with E-state index in [0.717, 1.165) is 68.3 Å². The molecule has 0 N–H and O–H groups in total. The van der Waals surface area contributed by atoms with Crippen LogP contribution in [0.1, 0.15) is 26.2 Å². The molecule has 29 heavy (non-hydrogen) atoms. The van der Waals surface area contributed by atoms with Crippen LogP contribution in [-0.4, -0.2) is 54.5 Å². The summed E-state index contributed by atoms with van der Waals surface area (Å²) in [5.74, 6) is -1.32. The van der Waals surface area contributed by atoms with Gasteiger partial charge >= 0.3 is 5.56 Å². The molecule has 0 unspecified atom stereocenters. The summed E-state index contributed by atoms with van der Waals surface area (Å²) in [7, 11) is 2.06. The van der Waals surface area contributed by atoms with Crippen molar-refractivity contribution in [2.45, 2.75) is 26.2 Å². The lowest BCUT2D eigenvalue weighted by molar-refractivity contribution is 0.225. The monoisotopic (exact) mass is 404 g/mol. The highest BCUT2D eigenvalue weighted by Crippen LogP contribution is 2.48. The van der Waals surface area contributed by atoms with Crippen LogP contribution in [0.4, 0.5) is 14.5 Å². The zero-order valence-corrected chi connectivity index (χ0v) is 16.8. The molecule has 156 valence electrons. The van der Waals surface area contributed by atoms with Crippen molar-refractivity contribution in [1.29, 1.82) is 0 Å². The van der Waals surface area contributed by atoms with Gasteiger partial charge in [-0.05, 0) is 38.4 Å². The first kappa shape index (κ1) is 19.8. The van der Waals surface area contributed by atoms with E-state index >= 15 is 0 Å². The Kier molecular flexibility index (Phi) is 5.29. The van der Waals surface area contributed by atoms with E-state index in [4.69, 9.17) is 4.74 Å². The molecule has 0 radical (unpaired) electrons. The lowest BCUT2D eigenvalue weighted by atomic mass is 10.1. The van der Waals surface area contributed by atoms with Crippen LogP contribution in [0.2, 0.25) is 0 Å². The number of aromatic nitrogens is 2. The Bertz CT molecular complexity index is 930. The number of anilines is 1. The SMILES string of the molecule is CCC1(COc2c(N3CCN(C)CC3)cnn(-c3cc(F)cc(F)c3)c2=O)CC1. The number of hydrogen-bond acceptors (Lipinski definition) is 5. The molecule has 0 spiro atoms. The van der Waals surface area contributed by atoms with Crippen molar-refractivity contribution < 1.29 is 13.5 Å². The van der Waals surface area contributed by atoms with Crippen molar-refractivity contribution in [3.63, 3.8) is 0 Å². The maximum atomic E-state index is 13.7. The van der Waals surface area contributed by atoms with Gasteiger partial charge in [0, 0.05) is 37.7 Å². The van der Waals surface area contributed by atoms with E-state index in [9.17, 15) is 13.6 Å². The van der Waals surface area contributed by atoms with Gasteiger partial charge in [-0.2, -0.15) is 9.78 Å². The summed E-state index contributed by atoms with van der Waals surface area (Å²) in [5.41, 5.74) is 0.311. The quantitative estimate of drug-likeness (QED) is 0.741. The summed E-state index contributed by atoms with van der Waals surface area (Å²) in [5, 5.41) is 4.20. The maximum Gasteiger partial charge on any atom is 0.316 e. The van der Waals surface area contributed by atoms with Crippen LogP contribution >= 0.6 is 0 Å². The first-order chi connectivity index (χ1) is 13.9. The standard InChI is InChI=1S/C21H26F2N4O2/c1-3-21(4-5-21)14-29-19-18(26-8-6-25(2)7-9-26)13-24-27(20(19)28)17-11-15(22)10-16(23)12-17/h10-13H,3-9,14H2,1-2H3. The van der Waals surface area contributed by atoms with Gasteiger partial charge in [0.05, 0.1) is 18.5 Å². The second kappa shape index (κ2) is 7.74. The maximum absolute atomic E-state index is 13.7. The topological polar surface area (TPSA) is 50.6 Å². The van der Waals surface area contributed by atoms with Gasteiger partial charge in [-0.1, -0.05) is 6.92 Å². The highest BCUT2D eigenvalue weighted by atomic mass is 19.1. The highest BCUT2D eigenvalue weighted by Gasteiger charge is 2.42. The largest absolute Gasteiger partial charge is 0.486 e. The fourth-order valence-electron chi connectivity index (χ4n) is 3.68.